The maximum absolute atomic E-state index is 12.7. The maximum atomic E-state index is 12.7. The third-order valence-electron chi connectivity index (χ3n) is 3.90. The number of hydrogen-bond donors (Lipinski definition) is 0. The van der Waals surface area contributed by atoms with Gasteiger partial charge in [-0.05, 0) is 44.9 Å². The van der Waals surface area contributed by atoms with Gasteiger partial charge in [0.25, 0.3) is 5.56 Å². The Hall–Kier alpha value is -2.54. The molecular formula is C19H20N2O2. The van der Waals surface area contributed by atoms with Crippen LogP contribution in [0.15, 0.2) is 41.2 Å². The molecule has 1 aromatic heterocycles. The number of hydrogen-bond acceptors (Lipinski definition) is 3. The molecule has 4 nitrogen and oxygen atoms in total. The number of nitrogens with zero attached hydrogens (tertiary/aromatic N) is 2. The molecule has 1 saturated carbocycles. The van der Waals surface area contributed by atoms with Crippen LogP contribution in [0.4, 0.5) is 0 Å². The second-order valence-electron chi connectivity index (χ2n) is 6.15. The molecule has 1 aliphatic carbocycles. The summed E-state index contributed by atoms with van der Waals surface area (Å²) < 4.78 is 7.75. The predicted octanol–water partition coefficient (Wildman–Crippen LogP) is 3.70. The molecule has 0 amide bonds. The van der Waals surface area contributed by atoms with Crippen molar-refractivity contribution < 1.29 is 4.74 Å². The first-order valence-corrected chi connectivity index (χ1v) is 7.99. The molecule has 0 spiro atoms. The van der Waals surface area contributed by atoms with Gasteiger partial charge in [-0.15, -0.1) is 0 Å². The van der Waals surface area contributed by atoms with E-state index in [-0.39, 0.29) is 24.1 Å². The summed E-state index contributed by atoms with van der Waals surface area (Å²) in [5.41, 5.74) is 2.31. The molecule has 0 N–H and O–H groups in total. The highest BCUT2D eigenvalue weighted by atomic mass is 16.5. The van der Waals surface area contributed by atoms with Crippen molar-refractivity contribution in [3.8, 4) is 23.1 Å². The fraction of sp³-hybridized carbons (Fsp3) is 0.368. The minimum absolute atomic E-state index is 0.0501. The van der Waals surface area contributed by atoms with Crippen molar-refractivity contribution in [1.29, 1.82) is 5.26 Å². The van der Waals surface area contributed by atoms with Gasteiger partial charge in [-0.3, -0.25) is 4.79 Å². The minimum atomic E-state index is -0.0501. The van der Waals surface area contributed by atoms with Crippen LogP contribution in [0.2, 0.25) is 0 Å². The average molecular weight is 308 g/mol. The molecule has 1 aromatic carbocycles. The third-order valence-corrected chi connectivity index (χ3v) is 3.90. The summed E-state index contributed by atoms with van der Waals surface area (Å²) in [5, 5.41) is 8.90. The lowest BCUT2D eigenvalue weighted by atomic mass is 10.1. The van der Waals surface area contributed by atoms with Crippen molar-refractivity contribution in [2.24, 2.45) is 0 Å². The second kappa shape index (κ2) is 6.29. The van der Waals surface area contributed by atoms with E-state index in [1.54, 1.807) is 6.07 Å². The molecule has 4 heteroatoms. The average Bonchev–Trinajstić information content (AvgIpc) is 3.34. The number of pyridine rings is 1. The molecule has 2 aromatic rings. The van der Waals surface area contributed by atoms with Crippen molar-refractivity contribution in [2.45, 2.75) is 45.3 Å². The van der Waals surface area contributed by atoms with Crippen LogP contribution in [0.3, 0.4) is 0 Å². The highest BCUT2D eigenvalue weighted by Crippen LogP contribution is 2.39. The lowest BCUT2D eigenvalue weighted by Crippen LogP contribution is -2.24. The van der Waals surface area contributed by atoms with Gasteiger partial charge in [-0.1, -0.05) is 18.2 Å². The first-order valence-electron chi connectivity index (χ1n) is 7.99. The fourth-order valence-electron chi connectivity index (χ4n) is 2.76. The Bertz CT molecular complexity index is 811. The van der Waals surface area contributed by atoms with Gasteiger partial charge in [0.2, 0.25) is 0 Å². The van der Waals surface area contributed by atoms with Crippen LogP contribution in [0.25, 0.3) is 11.3 Å². The van der Waals surface area contributed by atoms with E-state index < -0.39 is 0 Å². The Morgan fingerprint density at radius 1 is 1.26 bits per heavy atom. The van der Waals surface area contributed by atoms with E-state index >= 15 is 0 Å². The van der Waals surface area contributed by atoms with Crippen molar-refractivity contribution in [3.63, 3.8) is 0 Å². The van der Waals surface area contributed by atoms with E-state index in [9.17, 15) is 4.79 Å². The van der Waals surface area contributed by atoms with Crippen LogP contribution in [0.1, 0.15) is 38.3 Å². The van der Waals surface area contributed by atoms with Gasteiger partial charge in [0, 0.05) is 17.2 Å². The van der Waals surface area contributed by atoms with Gasteiger partial charge in [0.05, 0.1) is 24.3 Å². The molecule has 1 aliphatic rings. The molecule has 3 rings (SSSR count). The lowest BCUT2D eigenvalue weighted by Gasteiger charge is -2.18. The topological polar surface area (TPSA) is 55.0 Å². The standard InChI is InChI=1S/C19H20N2O2/c1-13(2)23-18-6-4-3-5-16(18)17-10-7-14(11-12-20)19(22)21(17)15-8-9-15/h3-7,10,13,15H,8-9,11H2,1-2H3. The summed E-state index contributed by atoms with van der Waals surface area (Å²) in [6, 6.07) is 13.8. The summed E-state index contributed by atoms with van der Waals surface area (Å²) in [6.07, 6.45) is 2.23. The number of aromatic nitrogens is 1. The zero-order chi connectivity index (χ0) is 16.4. The molecule has 118 valence electrons. The van der Waals surface area contributed by atoms with E-state index in [2.05, 4.69) is 6.07 Å². The number of nitriles is 1. The number of benzene rings is 1. The monoisotopic (exact) mass is 308 g/mol. The largest absolute Gasteiger partial charge is 0.490 e. The zero-order valence-electron chi connectivity index (χ0n) is 13.5. The quantitative estimate of drug-likeness (QED) is 0.846. The molecule has 0 saturated heterocycles. The van der Waals surface area contributed by atoms with E-state index in [4.69, 9.17) is 10.00 Å². The lowest BCUT2D eigenvalue weighted by molar-refractivity contribution is 0.243. The Morgan fingerprint density at radius 3 is 2.65 bits per heavy atom. The van der Waals surface area contributed by atoms with Gasteiger partial charge in [0.1, 0.15) is 5.75 Å². The van der Waals surface area contributed by atoms with E-state index in [1.807, 2.05) is 48.7 Å². The minimum Gasteiger partial charge on any atom is -0.490 e. The summed E-state index contributed by atoms with van der Waals surface area (Å²) in [6.45, 7) is 3.97. The van der Waals surface area contributed by atoms with Crippen LogP contribution in [0.5, 0.6) is 5.75 Å². The Balaban J connectivity index is 2.16. The number of para-hydroxylation sites is 1. The third kappa shape index (κ3) is 3.14. The van der Waals surface area contributed by atoms with Crippen LogP contribution in [0, 0.1) is 11.3 Å². The first kappa shape index (κ1) is 15.4. The van der Waals surface area contributed by atoms with Gasteiger partial charge in [-0.2, -0.15) is 5.26 Å². The fourth-order valence-corrected chi connectivity index (χ4v) is 2.76. The summed E-state index contributed by atoms with van der Waals surface area (Å²) in [7, 11) is 0. The van der Waals surface area contributed by atoms with Gasteiger partial charge >= 0.3 is 0 Å². The van der Waals surface area contributed by atoms with Crippen molar-refractivity contribution in [3.05, 3.63) is 52.3 Å². The first-order chi connectivity index (χ1) is 11.1. The Kier molecular flexibility index (Phi) is 4.20. The molecule has 1 heterocycles. The smallest absolute Gasteiger partial charge is 0.255 e. The molecule has 0 bridgehead atoms. The van der Waals surface area contributed by atoms with Gasteiger partial charge < -0.3 is 9.30 Å². The molecule has 0 radical (unpaired) electrons. The molecule has 23 heavy (non-hydrogen) atoms. The van der Waals surface area contributed by atoms with E-state index in [1.165, 1.54) is 0 Å². The van der Waals surface area contributed by atoms with E-state index in [0.717, 1.165) is 29.8 Å². The normalized spacial score (nSPS) is 13.8. The zero-order valence-corrected chi connectivity index (χ0v) is 13.5. The SMILES string of the molecule is CC(C)Oc1ccccc1-c1ccc(CC#N)c(=O)n1C1CC1. The Labute approximate surface area is 135 Å². The number of rotatable bonds is 5. The van der Waals surface area contributed by atoms with Crippen LogP contribution in [-0.4, -0.2) is 10.7 Å². The van der Waals surface area contributed by atoms with Gasteiger partial charge in [0.15, 0.2) is 0 Å². The summed E-state index contributed by atoms with van der Waals surface area (Å²) in [5.74, 6) is 0.782. The highest BCUT2D eigenvalue weighted by molar-refractivity contribution is 5.68. The summed E-state index contributed by atoms with van der Waals surface area (Å²) in [4.78, 5) is 12.7. The van der Waals surface area contributed by atoms with Crippen LogP contribution in [-0.2, 0) is 6.42 Å². The van der Waals surface area contributed by atoms with E-state index in [0.29, 0.717) is 5.56 Å². The Morgan fingerprint density at radius 2 is 2.00 bits per heavy atom. The van der Waals surface area contributed by atoms with Crippen LogP contribution >= 0.6 is 0 Å². The molecule has 0 unspecified atom stereocenters. The van der Waals surface area contributed by atoms with Crippen molar-refractivity contribution in [2.75, 3.05) is 0 Å². The van der Waals surface area contributed by atoms with Crippen molar-refractivity contribution >= 4 is 0 Å². The van der Waals surface area contributed by atoms with Crippen LogP contribution < -0.4 is 10.3 Å². The number of ether oxygens (including phenoxy) is 1. The molecule has 0 aliphatic heterocycles. The second-order valence-corrected chi connectivity index (χ2v) is 6.15. The summed E-state index contributed by atoms with van der Waals surface area (Å²) >= 11 is 0. The molecule has 1 fully saturated rings. The van der Waals surface area contributed by atoms with Crippen molar-refractivity contribution in [1.82, 2.24) is 4.57 Å². The maximum Gasteiger partial charge on any atom is 0.255 e. The predicted molar refractivity (Wildman–Crippen MR) is 89.5 cm³/mol. The highest BCUT2D eigenvalue weighted by Gasteiger charge is 2.28. The van der Waals surface area contributed by atoms with Gasteiger partial charge in [-0.25, -0.2) is 0 Å². The molecule has 0 atom stereocenters. The molecular weight excluding hydrogens is 288 g/mol.